The van der Waals surface area contributed by atoms with Gasteiger partial charge in [0, 0.05) is 16.3 Å². The minimum Gasteiger partial charge on any atom is -0.322 e. The second-order valence-corrected chi connectivity index (χ2v) is 8.34. The van der Waals surface area contributed by atoms with Crippen molar-refractivity contribution in [2.24, 2.45) is 23.7 Å². The summed E-state index contributed by atoms with van der Waals surface area (Å²) in [7, 11) is 0. The molecule has 0 aromatic heterocycles. The second kappa shape index (κ2) is 6.45. The Morgan fingerprint density at radius 3 is 2.21 bits per heavy atom. The standard InChI is InChI=1S/C22H19ClN2O3/c23-15-2-1-3-16(11-15)24-20(26)12-6-8-17(9-7-12)25-21(27)18-13-4-5-14(10-13)19(18)22(25)28/h1-3,6-9,11,13-14,18-19H,4-5,10H2,(H,24,26)/t13-,14-,18-,19-/m0/s1. The molecule has 1 heterocycles. The van der Waals surface area contributed by atoms with Crippen LogP contribution in [0.5, 0.6) is 0 Å². The Morgan fingerprint density at radius 2 is 1.61 bits per heavy atom. The van der Waals surface area contributed by atoms with Gasteiger partial charge in [-0.05, 0) is 73.6 Å². The Kier molecular flexibility index (Phi) is 4.02. The lowest BCUT2D eigenvalue weighted by Crippen LogP contribution is -2.32. The Morgan fingerprint density at radius 1 is 0.964 bits per heavy atom. The zero-order valence-corrected chi connectivity index (χ0v) is 15.9. The molecule has 5 rings (SSSR count). The van der Waals surface area contributed by atoms with Gasteiger partial charge in [0.1, 0.15) is 0 Å². The minimum absolute atomic E-state index is 0.0710. The fourth-order valence-corrected chi connectivity index (χ4v) is 5.38. The van der Waals surface area contributed by atoms with E-state index in [1.54, 1.807) is 48.5 Å². The van der Waals surface area contributed by atoms with E-state index >= 15 is 0 Å². The number of hydrogen-bond donors (Lipinski definition) is 1. The highest BCUT2D eigenvalue weighted by molar-refractivity contribution is 6.31. The summed E-state index contributed by atoms with van der Waals surface area (Å²) < 4.78 is 0. The number of fused-ring (bicyclic) bond motifs is 5. The van der Waals surface area contributed by atoms with Crippen molar-refractivity contribution in [3.8, 4) is 0 Å². The summed E-state index contributed by atoms with van der Waals surface area (Å²) in [6.45, 7) is 0. The molecule has 2 bridgehead atoms. The monoisotopic (exact) mass is 394 g/mol. The van der Waals surface area contributed by atoms with Crippen LogP contribution in [0.4, 0.5) is 11.4 Å². The molecule has 0 spiro atoms. The zero-order chi connectivity index (χ0) is 19.4. The van der Waals surface area contributed by atoms with Gasteiger partial charge in [-0.2, -0.15) is 0 Å². The smallest absolute Gasteiger partial charge is 0.255 e. The highest BCUT2D eigenvalue weighted by Gasteiger charge is 2.61. The van der Waals surface area contributed by atoms with Gasteiger partial charge in [0.15, 0.2) is 0 Å². The maximum absolute atomic E-state index is 12.9. The van der Waals surface area contributed by atoms with Crippen LogP contribution in [0.25, 0.3) is 0 Å². The molecule has 2 aliphatic carbocycles. The van der Waals surface area contributed by atoms with Crippen LogP contribution >= 0.6 is 11.6 Å². The summed E-state index contributed by atoms with van der Waals surface area (Å²) in [5, 5.41) is 3.33. The van der Waals surface area contributed by atoms with Crippen LogP contribution < -0.4 is 10.2 Å². The van der Waals surface area contributed by atoms with Gasteiger partial charge < -0.3 is 5.32 Å². The summed E-state index contributed by atoms with van der Waals surface area (Å²) in [4.78, 5) is 39.6. The van der Waals surface area contributed by atoms with Crippen molar-refractivity contribution in [3.05, 3.63) is 59.1 Å². The van der Waals surface area contributed by atoms with Crippen LogP contribution in [0.1, 0.15) is 29.6 Å². The summed E-state index contributed by atoms with van der Waals surface area (Å²) in [6.07, 6.45) is 3.13. The van der Waals surface area contributed by atoms with Gasteiger partial charge >= 0.3 is 0 Å². The van der Waals surface area contributed by atoms with Crippen molar-refractivity contribution in [1.82, 2.24) is 0 Å². The van der Waals surface area contributed by atoms with E-state index in [9.17, 15) is 14.4 Å². The molecule has 3 amide bonds. The molecule has 5 nitrogen and oxygen atoms in total. The fraction of sp³-hybridized carbons (Fsp3) is 0.318. The molecule has 0 unspecified atom stereocenters. The Hall–Kier alpha value is -2.66. The van der Waals surface area contributed by atoms with Gasteiger partial charge in [-0.25, -0.2) is 0 Å². The number of rotatable bonds is 3. The lowest BCUT2D eigenvalue weighted by Gasteiger charge is -2.19. The predicted octanol–water partition coefficient (Wildman–Crippen LogP) is 4.13. The van der Waals surface area contributed by atoms with Crippen LogP contribution in [-0.2, 0) is 9.59 Å². The zero-order valence-electron chi connectivity index (χ0n) is 15.1. The molecular formula is C22H19ClN2O3. The molecule has 2 aromatic rings. The lowest BCUT2D eigenvalue weighted by atomic mass is 9.81. The number of amides is 3. The molecule has 2 saturated carbocycles. The second-order valence-electron chi connectivity index (χ2n) is 7.91. The number of hydrogen-bond acceptors (Lipinski definition) is 3. The van der Waals surface area contributed by atoms with E-state index in [-0.39, 0.29) is 29.6 Å². The first kappa shape index (κ1) is 17.4. The van der Waals surface area contributed by atoms with Gasteiger partial charge in [-0.15, -0.1) is 0 Å². The van der Waals surface area contributed by atoms with Gasteiger partial charge in [0.05, 0.1) is 17.5 Å². The Balaban J connectivity index is 1.35. The number of nitrogens with one attached hydrogen (secondary N) is 1. The first-order chi connectivity index (χ1) is 13.5. The third-order valence-electron chi connectivity index (χ3n) is 6.40. The molecule has 2 aromatic carbocycles. The molecule has 6 heteroatoms. The third kappa shape index (κ3) is 2.65. The normalized spacial score (nSPS) is 28.0. The molecule has 3 fully saturated rings. The number of carbonyl (C=O) groups is 3. The highest BCUT2D eigenvalue weighted by Crippen LogP contribution is 2.56. The number of imide groups is 1. The van der Waals surface area contributed by atoms with Gasteiger partial charge in [-0.3, -0.25) is 19.3 Å². The molecule has 4 atom stereocenters. The molecule has 142 valence electrons. The van der Waals surface area contributed by atoms with Crippen molar-refractivity contribution in [2.45, 2.75) is 19.3 Å². The number of benzene rings is 2. The highest BCUT2D eigenvalue weighted by atomic mass is 35.5. The maximum Gasteiger partial charge on any atom is 0.255 e. The molecular weight excluding hydrogens is 376 g/mol. The predicted molar refractivity (Wildman–Crippen MR) is 106 cm³/mol. The van der Waals surface area contributed by atoms with E-state index < -0.39 is 0 Å². The SMILES string of the molecule is O=C(Nc1cccc(Cl)c1)c1ccc(N2C(=O)[C@H]3[C@H]4CC[C@@H](C4)[C@@H]3C2=O)cc1. The van der Waals surface area contributed by atoms with Gasteiger partial charge in [-0.1, -0.05) is 17.7 Å². The number of carbonyl (C=O) groups excluding carboxylic acids is 3. The van der Waals surface area contributed by atoms with Crippen molar-refractivity contribution < 1.29 is 14.4 Å². The van der Waals surface area contributed by atoms with Crippen LogP contribution in [0.2, 0.25) is 5.02 Å². The summed E-state index contributed by atoms with van der Waals surface area (Å²) in [5.74, 6) is 0.0203. The Labute approximate surface area is 167 Å². The molecule has 3 aliphatic rings. The largest absolute Gasteiger partial charge is 0.322 e. The van der Waals surface area contributed by atoms with Crippen LogP contribution in [-0.4, -0.2) is 17.7 Å². The van der Waals surface area contributed by atoms with Gasteiger partial charge in [0.25, 0.3) is 5.91 Å². The topological polar surface area (TPSA) is 66.5 Å². The van der Waals surface area contributed by atoms with Crippen LogP contribution in [0.3, 0.4) is 0 Å². The van der Waals surface area contributed by atoms with E-state index in [0.29, 0.717) is 33.8 Å². The average molecular weight is 395 g/mol. The van der Waals surface area contributed by atoms with Crippen molar-refractivity contribution in [3.63, 3.8) is 0 Å². The number of nitrogens with zero attached hydrogens (tertiary/aromatic N) is 1. The van der Waals surface area contributed by atoms with E-state index in [0.717, 1.165) is 19.3 Å². The van der Waals surface area contributed by atoms with Crippen molar-refractivity contribution >= 4 is 40.7 Å². The van der Waals surface area contributed by atoms with E-state index in [1.807, 2.05) is 0 Å². The minimum atomic E-state index is -0.275. The van der Waals surface area contributed by atoms with Gasteiger partial charge in [0.2, 0.25) is 11.8 Å². The maximum atomic E-state index is 12.9. The van der Waals surface area contributed by atoms with Crippen molar-refractivity contribution in [1.29, 1.82) is 0 Å². The first-order valence-corrected chi connectivity index (χ1v) is 9.95. The van der Waals surface area contributed by atoms with Crippen LogP contribution in [0.15, 0.2) is 48.5 Å². The summed E-state index contributed by atoms with van der Waals surface area (Å²) >= 11 is 5.94. The number of halogens is 1. The molecule has 1 aliphatic heterocycles. The third-order valence-corrected chi connectivity index (χ3v) is 6.63. The first-order valence-electron chi connectivity index (χ1n) is 9.58. The average Bonchev–Trinajstić information content (AvgIpc) is 3.36. The fourth-order valence-electron chi connectivity index (χ4n) is 5.19. The number of anilines is 2. The van der Waals surface area contributed by atoms with E-state index in [2.05, 4.69) is 5.32 Å². The van der Waals surface area contributed by atoms with E-state index in [1.165, 1.54) is 4.90 Å². The molecule has 1 N–H and O–H groups in total. The van der Waals surface area contributed by atoms with Crippen molar-refractivity contribution in [2.75, 3.05) is 10.2 Å². The molecule has 1 saturated heterocycles. The summed E-state index contributed by atoms with van der Waals surface area (Å²) in [6, 6.07) is 13.5. The Bertz CT molecular complexity index is 960. The quantitative estimate of drug-likeness (QED) is 0.796. The van der Waals surface area contributed by atoms with Crippen LogP contribution in [0, 0.1) is 23.7 Å². The lowest BCUT2D eigenvalue weighted by molar-refractivity contribution is -0.123. The molecule has 0 radical (unpaired) electrons. The summed E-state index contributed by atoms with van der Waals surface area (Å²) in [5.41, 5.74) is 1.60. The van der Waals surface area contributed by atoms with E-state index in [4.69, 9.17) is 11.6 Å². The molecule has 28 heavy (non-hydrogen) atoms.